The third-order valence-corrected chi connectivity index (χ3v) is 4.83. The van der Waals surface area contributed by atoms with E-state index in [1.165, 1.54) is 24.7 Å². The van der Waals surface area contributed by atoms with Crippen LogP contribution < -0.4 is 15.8 Å². The van der Waals surface area contributed by atoms with Crippen LogP contribution in [0.3, 0.4) is 0 Å². The molecule has 0 atom stereocenters. The highest BCUT2D eigenvalue weighted by molar-refractivity contribution is 5.91. The smallest absolute Gasteiger partial charge is 0.322 e. The summed E-state index contributed by atoms with van der Waals surface area (Å²) in [6.45, 7) is 3.57. The van der Waals surface area contributed by atoms with Gasteiger partial charge in [-0.25, -0.2) is 24.3 Å². The summed E-state index contributed by atoms with van der Waals surface area (Å²) < 4.78 is 20.4. The monoisotopic (exact) mass is 444 g/mol. The van der Waals surface area contributed by atoms with Crippen molar-refractivity contribution in [3.63, 3.8) is 0 Å². The maximum absolute atomic E-state index is 14.9. The predicted molar refractivity (Wildman–Crippen MR) is 123 cm³/mol. The number of nitrogens with two attached hydrogens (primary N) is 1. The molecule has 0 aliphatic heterocycles. The summed E-state index contributed by atoms with van der Waals surface area (Å²) in [6, 6.07) is 13.4. The van der Waals surface area contributed by atoms with E-state index in [0.717, 1.165) is 5.56 Å². The fourth-order valence-electron chi connectivity index (χ4n) is 3.18. The lowest BCUT2D eigenvalue weighted by molar-refractivity contribution is -0.115. The molecule has 9 heteroatoms. The number of benzene rings is 2. The average molecular weight is 444 g/mol. The second kappa shape index (κ2) is 9.39. The van der Waals surface area contributed by atoms with Crippen LogP contribution in [-0.2, 0) is 4.79 Å². The number of carbonyl (C=O) groups excluding carboxylic acids is 1. The van der Waals surface area contributed by atoms with Gasteiger partial charge in [0.1, 0.15) is 12.1 Å². The number of nitrogen functional groups attached to an aromatic ring is 1. The van der Waals surface area contributed by atoms with Crippen molar-refractivity contribution < 1.29 is 13.9 Å². The van der Waals surface area contributed by atoms with Crippen LogP contribution in [0.5, 0.6) is 11.8 Å². The van der Waals surface area contributed by atoms with Gasteiger partial charge in [0.15, 0.2) is 11.6 Å². The molecule has 1 amide bonds. The Hall–Kier alpha value is -4.40. The van der Waals surface area contributed by atoms with Gasteiger partial charge >= 0.3 is 6.01 Å². The van der Waals surface area contributed by atoms with E-state index in [4.69, 9.17) is 10.5 Å². The second-order valence-electron chi connectivity index (χ2n) is 7.19. The number of aromatic nitrogens is 4. The molecule has 0 aliphatic carbocycles. The quantitative estimate of drug-likeness (QED) is 0.440. The molecule has 0 unspecified atom stereocenters. The third kappa shape index (κ3) is 4.93. The highest BCUT2D eigenvalue weighted by Crippen LogP contribution is 2.36. The lowest BCUT2D eigenvalue weighted by Crippen LogP contribution is -2.09. The van der Waals surface area contributed by atoms with E-state index in [-0.39, 0.29) is 23.5 Å². The van der Waals surface area contributed by atoms with Crippen molar-refractivity contribution in [2.45, 2.75) is 20.3 Å². The Morgan fingerprint density at radius 3 is 2.52 bits per heavy atom. The summed E-state index contributed by atoms with van der Waals surface area (Å²) >= 11 is 0. The summed E-state index contributed by atoms with van der Waals surface area (Å²) in [5.41, 5.74) is 9.77. The van der Waals surface area contributed by atoms with Crippen molar-refractivity contribution in [2.24, 2.45) is 0 Å². The Labute approximate surface area is 189 Å². The van der Waals surface area contributed by atoms with Crippen molar-refractivity contribution in [3.05, 3.63) is 72.6 Å². The molecule has 0 saturated carbocycles. The van der Waals surface area contributed by atoms with Gasteiger partial charge in [-0.1, -0.05) is 25.1 Å². The van der Waals surface area contributed by atoms with Gasteiger partial charge in [-0.05, 0) is 42.8 Å². The molecular weight excluding hydrogens is 423 g/mol. The fraction of sp³-hybridized carbons (Fsp3) is 0.125. The van der Waals surface area contributed by atoms with E-state index < -0.39 is 5.82 Å². The van der Waals surface area contributed by atoms with Gasteiger partial charge in [0.05, 0.1) is 11.3 Å². The largest absolute Gasteiger partial charge is 0.421 e. The zero-order chi connectivity index (χ0) is 23.4. The molecule has 0 radical (unpaired) electrons. The molecule has 2 aromatic carbocycles. The van der Waals surface area contributed by atoms with Crippen LogP contribution in [0.4, 0.5) is 15.9 Å². The first-order valence-electron chi connectivity index (χ1n) is 10.2. The average Bonchev–Trinajstić information content (AvgIpc) is 2.81. The number of hydrogen-bond acceptors (Lipinski definition) is 7. The van der Waals surface area contributed by atoms with E-state index in [0.29, 0.717) is 34.6 Å². The fourth-order valence-corrected chi connectivity index (χ4v) is 3.18. The van der Waals surface area contributed by atoms with E-state index >= 15 is 0 Å². The van der Waals surface area contributed by atoms with E-state index in [2.05, 4.69) is 25.3 Å². The van der Waals surface area contributed by atoms with Crippen LogP contribution in [0.15, 0.2) is 61.1 Å². The number of nitrogens with zero attached hydrogens (tertiary/aromatic N) is 4. The summed E-state index contributed by atoms with van der Waals surface area (Å²) in [6.07, 6.45) is 3.27. The zero-order valence-electron chi connectivity index (χ0n) is 18.0. The Balaban J connectivity index is 1.67. The summed E-state index contributed by atoms with van der Waals surface area (Å²) in [5.74, 6) is -0.496. The van der Waals surface area contributed by atoms with Gasteiger partial charge in [-0.3, -0.25) is 4.79 Å². The highest BCUT2D eigenvalue weighted by atomic mass is 19.1. The number of ether oxygens (including phenoxy) is 1. The third-order valence-electron chi connectivity index (χ3n) is 4.83. The van der Waals surface area contributed by atoms with E-state index in [9.17, 15) is 9.18 Å². The molecule has 0 fully saturated rings. The molecule has 3 N–H and O–H groups in total. The Morgan fingerprint density at radius 2 is 1.82 bits per heavy atom. The summed E-state index contributed by atoms with van der Waals surface area (Å²) in [7, 11) is 0. The standard InChI is InChI=1S/C24H21FN6O2/c1-3-20(32)31-17-7-4-15(5-8-17)22-21(23(26)29-13-28-22)16-6-9-19(18(25)12-16)33-24-27-11-10-14(2)30-24/h4-13H,3H2,1-2H3,(H,31,32)(H2,26,28,29). The molecule has 0 spiro atoms. The van der Waals surface area contributed by atoms with Gasteiger partial charge < -0.3 is 15.8 Å². The Bertz CT molecular complexity index is 1310. The molecule has 166 valence electrons. The highest BCUT2D eigenvalue weighted by Gasteiger charge is 2.17. The first kappa shape index (κ1) is 21.8. The minimum Gasteiger partial charge on any atom is -0.421 e. The zero-order valence-corrected chi connectivity index (χ0v) is 18.0. The number of rotatable bonds is 6. The van der Waals surface area contributed by atoms with Gasteiger partial charge in [0.2, 0.25) is 5.91 Å². The minimum atomic E-state index is -0.607. The topological polar surface area (TPSA) is 116 Å². The normalized spacial score (nSPS) is 10.6. The first-order chi connectivity index (χ1) is 15.9. The molecule has 33 heavy (non-hydrogen) atoms. The summed E-state index contributed by atoms with van der Waals surface area (Å²) in [4.78, 5) is 28.2. The lowest BCUT2D eigenvalue weighted by Gasteiger charge is -2.13. The Kier molecular flexibility index (Phi) is 6.21. The van der Waals surface area contributed by atoms with Crippen molar-refractivity contribution in [1.82, 2.24) is 19.9 Å². The minimum absolute atomic E-state index is 0.0164. The van der Waals surface area contributed by atoms with Gasteiger partial charge in [0, 0.05) is 29.6 Å². The van der Waals surface area contributed by atoms with Crippen LogP contribution >= 0.6 is 0 Å². The van der Waals surface area contributed by atoms with Crippen LogP contribution in [0.1, 0.15) is 19.0 Å². The van der Waals surface area contributed by atoms with Gasteiger partial charge in [-0.2, -0.15) is 0 Å². The molecule has 0 aliphatic rings. The first-order valence-corrected chi connectivity index (χ1v) is 10.2. The summed E-state index contributed by atoms with van der Waals surface area (Å²) in [5, 5.41) is 2.79. The number of amides is 1. The van der Waals surface area contributed by atoms with Crippen molar-refractivity contribution in [3.8, 4) is 34.1 Å². The van der Waals surface area contributed by atoms with Crippen LogP contribution in [-0.4, -0.2) is 25.8 Å². The molecule has 4 aromatic rings. The van der Waals surface area contributed by atoms with E-state index in [1.807, 2.05) is 0 Å². The van der Waals surface area contributed by atoms with Crippen LogP contribution in [0, 0.1) is 12.7 Å². The number of aryl methyl sites for hydroxylation is 1. The molecule has 8 nitrogen and oxygen atoms in total. The van der Waals surface area contributed by atoms with Crippen LogP contribution in [0.25, 0.3) is 22.4 Å². The molecule has 4 rings (SSSR count). The maximum atomic E-state index is 14.9. The SMILES string of the molecule is CCC(=O)Nc1ccc(-c2ncnc(N)c2-c2ccc(Oc3nccc(C)n3)c(F)c2)cc1. The molecular formula is C24H21FN6O2. The number of halogens is 1. The van der Waals surface area contributed by atoms with Crippen molar-refractivity contribution >= 4 is 17.4 Å². The number of hydrogen-bond donors (Lipinski definition) is 2. The molecule has 0 bridgehead atoms. The Morgan fingerprint density at radius 1 is 1.06 bits per heavy atom. The van der Waals surface area contributed by atoms with Crippen molar-refractivity contribution in [1.29, 1.82) is 0 Å². The molecule has 0 saturated heterocycles. The maximum Gasteiger partial charge on any atom is 0.322 e. The molecule has 2 heterocycles. The number of anilines is 2. The number of nitrogens with one attached hydrogen (secondary N) is 1. The van der Waals surface area contributed by atoms with Gasteiger partial charge in [0.25, 0.3) is 0 Å². The molecule has 2 aromatic heterocycles. The van der Waals surface area contributed by atoms with Gasteiger partial charge in [-0.15, -0.1) is 0 Å². The lowest BCUT2D eigenvalue weighted by atomic mass is 9.99. The number of carbonyl (C=O) groups is 1. The van der Waals surface area contributed by atoms with E-state index in [1.54, 1.807) is 50.2 Å². The van der Waals surface area contributed by atoms with Crippen LogP contribution in [0.2, 0.25) is 0 Å². The predicted octanol–water partition coefficient (Wildman–Crippen LogP) is 4.77. The second-order valence-corrected chi connectivity index (χ2v) is 7.19. The van der Waals surface area contributed by atoms with Crippen molar-refractivity contribution in [2.75, 3.05) is 11.1 Å².